The zero-order valence-electron chi connectivity index (χ0n) is 19.4. The van der Waals surface area contributed by atoms with E-state index in [1.807, 2.05) is 12.4 Å². The summed E-state index contributed by atoms with van der Waals surface area (Å²) < 4.78 is 0. The van der Waals surface area contributed by atoms with Gasteiger partial charge in [0.15, 0.2) is 0 Å². The Hall–Kier alpha value is -2.23. The third-order valence-electron chi connectivity index (χ3n) is 7.78. The van der Waals surface area contributed by atoms with Gasteiger partial charge >= 0.3 is 0 Å². The van der Waals surface area contributed by atoms with Gasteiger partial charge in [0.25, 0.3) is 0 Å². The van der Waals surface area contributed by atoms with Crippen molar-refractivity contribution in [3.8, 4) is 11.8 Å². The van der Waals surface area contributed by atoms with Crippen LogP contribution < -0.4 is 0 Å². The molecule has 1 aromatic heterocycles. The van der Waals surface area contributed by atoms with Gasteiger partial charge in [-0.2, -0.15) is 0 Å². The predicted molar refractivity (Wildman–Crippen MR) is 130 cm³/mol. The molecular weight excluding hydrogens is 410 g/mol. The van der Waals surface area contributed by atoms with E-state index >= 15 is 0 Å². The molecule has 0 bridgehead atoms. The smallest absolute Gasteiger partial charge is 0.125 e. The van der Waals surface area contributed by atoms with Crippen molar-refractivity contribution in [2.24, 2.45) is 0 Å². The molecule has 1 aromatic carbocycles. The van der Waals surface area contributed by atoms with Crippen molar-refractivity contribution in [2.75, 3.05) is 26.2 Å². The highest BCUT2D eigenvalue weighted by Crippen LogP contribution is 2.42. The maximum atomic E-state index is 10.5. The van der Waals surface area contributed by atoms with Gasteiger partial charge in [0.05, 0.1) is 6.61 Å². The van der Waals surface area contributed by atoms with E-state index in [-0.39, 0.29) is 12.6 Å². The summed E-state index contributed by atoms with van der Waals surface area (Å²) >= 11 is 0. The maximum absolute atomic E-state index is 10.5. The molecule has 0 radical (unpaired) electrons. The number of hydrogen-bond acceptors (Lipinski definition) is 5. The molecule has 2 aromatic rings. The summed E-state index contributed by atoms with van der Waals surface area (Å²) in [5.41, 5.74) is 2.74. The van der Waals surface area contributed by atoms with Crippen LogP contribution in [0.5, 0.6) is 0 Å². The van der Waals surface area contributed by atoms with Crippen LogP contribution in [0.3, 0.4) is 0 Å². The molecule has 5 nitrogen and oxygen atoms in total. The van der Waals surface area contributed by atoms with Gasteiger partial charge < -0.3 is 10.2 Å². The second kappa shape index (κ2) is 9.95. The number of aliphatic hydroxyl groups excluding tert-OH is 1. The first kappa shape index (κ1) is 22.6. The summed E-state index contributed by atoms with van der Waals surface area (Å²) in [7, 11) is 0. The van der Waals surface area contributed by atoms with Gasteiger partial charge in [-0.15, -0.1) is 0 Å². The van der Waals surface area contributed by atoms with Gasteiger partial charge in [-0.25, -0.2) is 0 Å². The summed E-state index contributed by atoms with van der Waals surface area (Å²) in [6.45, 7) is 4.33. The minimum Gasteiger partial charge on any atom is -0.395 e. The van der Waals surface area contributed by atoms with Gasteiger partial charge in [0, 0.05) is 49.0 Å². The Kier molecular flexibility index (Phi) is 6.80. The van der Waals surface area contributed by atoms with E-state index in [2.05, 4.69) is 63.0 Å². The van der Waals surface area contributed by atoms with Crippen LogP contribution in [0.15, 0.2) is 48.8 Å². The standard InChI is InChI=1S/C28H35N3O2/c32-21-26-27(24-7-5-22(6-8-24)9-14-28(33)12-1-2-13-28)25-20-30(17-3-4-18-31(25)26)19-23-10-15-29-16-11-23/h5-8,10-11,15-16,25-27,32-33H,1-4,12-13,17-21H2/t25-,26-,27-/m1/s1. The van der Waals surface area contributed by atoms with E-state index in [1.165, 1.54) is 24.0 Å². The Morgan fingerprint density at radius 1 is 0.970 bits per heavy atom. The van der Waals surface area contributed by atoms with Crippen molar-refractivity contribution < 1.29 is 10.2 Å². The van der Waals surface area contributed by atoms with Gasteiger partial charge in [0.2, 0.25) is 0 Å². The summed E-state index contributed by atoms with van der Waals surface area (Å²) in [5.74, 6) is 6.62. The second-order valence-corrected chi connectivity index (χ2v) is 9.99. The lowest BCUT2D eigenvalue weighted by molar-refractivity contribution is -0.0655. The van der Waals surface area contributed by atoms with Crippen molar-refractivity contribution in [2.45, 2.75) is 68.7 Å². The van der Waals surface area contributed by atoms with E-state index in [0.717, 1.165) is 57.4 Å². The molecule has 0 amide bonds. The first-order valence-electron chi connectivity index (χ1n) is 12.5. The van der Waals surface area contributed by atoms with Crippen LogP contribution >= 0.6 is 0 Å². The molecule has 5 rings (SSSR count). The number of hydrogen-bond donors (Lipinski definition) is 2. The quantitative estimate of drug-likeness (QED) is 0.708. The highest BCUT2D eigenvalue weighted by atomic mass is 16.3. The fraction of sp³-hybridized carbons (Fsp3) is 0.536. The van der Waals surface area contributed by atoms with Crippen molar-refractivity contribution in [1.82, 2.24) is 14.8 Å². The molecule has 0 unspecified atom stereocenters. The molecule has 2 saturated heterocycles. The monoisotopic (exact) mass is 445 g/mol. The average Bonchev–Trinajstić information content (AvgIpc) is 3.26. The van der Waals surface area contributed by atoms with Crippen LogP contribution in [0.25, 0.3) is 0 Å². The molecule has 5 heteroatoms. The fourth-order valence-corrected chi connectivity index (χ4v) is 5.96. The minimum atomic E-state index is -0.799. The predicted octanol–water partition coefficient (Wildman–Crippen LogP) is 3.16. The molecule has 0 spiro atoms. The summed E-state index contributed by atoms with van der Waals surface area (Å²) in [6, 6.07) is 13.3. The average molecular weight is 446 g/mol. The molecule has 174 valence electrons. The van der Waals surface area contributed by atoms with E-state index in [0.29, 0.717) is 12.0 Å². The number of aromatic nitrogens is 1. The molecule has 1 aliphatic carbocycles. The van der Waals surface area contributed by atoms with Gasteiger partial charge in [-0.3, -0.25) is 14.8 Å². The van der Waals surface area contributed by atoms with Crippen molar-refractivity contribution in [3.63, 3.8) is 0 Å². The first-order chi connectivity index (χ1) is 16.1. The number of rotatable bonds is 4. The summed E-state index contributed by atoms with van der Waals surface area (Å²) in [4.78, 5) is 9.24. The normalized spacial score (nSPS) is 27.5. The van der Waals surface area contributed by atoms with Crippen molar-refractivity contribution in [3.05, 3.63) is 65.5 Å². The zero-order chi connectivity index (χ0) is 22.7. The molecule has 3 fully saturated rings. The Morgan fingerprint density at radius 2 is 1.70 bits per heavy atom. The highest BCUT2D eigenvalue weighted by Gasteiger charge is 2.49. The number of aliphatic hydroxyl groups is 2. The highest BCUT2D eigenvalue weighted by molar-refractivity contribution is 5.40. The van der Waals surface area contributed by atoms with Crippen LogP contribution in [0, 0.1) is 11.8 Å². The molecule has 2 N–H and O–H groups in total. The third-order valence-corrected chi connectivity index (χ3v) is 7.78. The molecule has 1 saturated carbocycles. The molecule has 3 heterocycles. The number of pyridine rings is 1. The van der Waals surface area contributed by atoms with E-state index in [4.69, 9.17) is 0 Å². The lowest BCUT2D eigenvalue weighted by Gasteiger charge is -2.57. The minimum absolute atomic E-state index is 0.187. The van der Waals surface area contributed by atoms with Gasteiger partial charge in [0.1, 0.15) is 5.60 Å². The summed E-state index contributed by atoms with van der Waals surface area (Å²) in [6.07, 6.45) is 9.79. The van der Waals surface area contributed by atoms with Crippen LogP contribution in [0.1, 0.15) is 61.1 Å². The molecule has 3 aliphatic rings. The Morgan fingerprint density at radius 3 is 2.42 bits per heavy atom. The van der Waals surface area contributed by atoms with Crippen LogP contribution in [-0.2, 0) is 6.54 Å². The van der Waals surface area contributed by atoms with E-state index < -0.39 is 5.60 Å². The van der Waals surface area contributed by atoms with Crippen LogP contribution in [0.2, 0.25) is 0 Å². The Bertz CT molecular complexity index is 976. The number of benzene rings is 1. The van der Waals surface area contributed by atoms with E-state index in [1.54, 1.807) is 0 Å². The third kappa shape index (κ3) is 5.00. The Labute approximate surface area is 197 Å². The lowest BCUT2D eigenvalue weighted by Crippen LogP contribution is -2.67. The number of fused-ring (bicyclic) bond motifs is 1. The molecule has 3 atom stereocenters. The van der Waals surface area contributed by atoms with Crippen LogP contribution in [-0.4, -0.2) is 68.9 Å². The molecule has 33 heavy (non-hydrogen) atoms. The first-order valence-corrected chi connectivity index (χ1v) is 12.5. The molecule has 2 aliphatic heterocycles. The van der Waals surface area contributed by atoms with Gasteiger partial charge in [-0.1, -0.05) is 24.0 Å². The topological polar surface area (TPSA) is 59.8 Å². The SMILES string of the molecule is OC[C@@H]1[C@H](c2ccc(C#CC3(O)CCCC3)cc2)[C@H]2CN(Cc3ccncc3)CCCCN12. The lowest BCUT2D eigenvalue weighted by atomic mass is 9.74. The molecular formula is C28H35N3O2. The van der Waals surface area contributed by atoms with E-state index in [9.17, 15) is 10.2 Å². The van der Waals surface area contributed by atoms with Gasteiger partial charge in [-0.05, 0) is 87.0 Å². The zero-order valence-corrected chi connectivity index (χ0v) is 19.4. The second-order valence-electron chi connectivity index (χ2n) is 9.99. The maximum Gasteiger partial charge on any atom is 0.125 e. The number of nitrogens with zero attached hydrogens (tertiary/aromatic N) is 3. The van der Waals surface area contributed by atoms with Crippen LogP contribution in [0.4, 0.5) is 0 Å². The fourth-order valence-electron chi connectivity index (χ4n) is 5.96. The largest absolute Gasteiger partial charge is 0.395 e. The Balaban J connectivity index is 1.31. The van der Waals surface area contributed by atoms with Crippen molar-refractivity contribution in [1.29, 1.82) is 0 Å². The van der Waals surface area contributed by atoms with Crippen molar-refractivity contribution >= 4 is 0 Å². The summed E-state index contributed by atoms with van der Waals surface area (Å²) in [5, 5.41) is 20.7.